The van der Waals surface area contributed by atoms with E-state index in [9.17, 15) is 5.26 Å². The first-order valence-corrected chi connectivity index (χ1v) is 6.50. The number of nitrogen functional groups attached to an aromatic ring is 1. The van der Waals surface area contributed by atoms with E-state index >= 15 is 0 Å². The summed E-state index contributed by atoms with van der Waals surface area (Å²) in [7, 11) is 3.94. The maximum absolute atomic E-state index is 9.37. The quantitative estimate of drug-likeness (QED) is 0.855. The molecule has 2 N–H and O–H groups in total. The number of anilines is 2. The summed E-state index contributed by atoms with van der Waals surface area (Å²) < 4.78 is 0. The van der Waals surface area contributed by atoms with Gasteiger partial charge in [-0.1, -0.05) is 12.1 Å². The number of rotatable bonds is 2. The fourth-order valence-corrected chi connectivity index (χ4v) is 2.28. The molecule has 0 aliphatic heterocycles. The molecule has 0 atom stereocenters. The molecule has 0 heterocycles. The third-order valence-corrected chi connectivity index (χ3v) is 3.48. The van der Waals surface area contributed by atoms with E-state index in [0.717, 1.165) is 22.4 Å². The minimum absolute atomic E-state index is 0.256. The topological polar surface area (TPSA) is 76.8 Å². The third-order valence-electron chi connectivity index (χ3n) is 3.48. The van der Waals surface area contributed by atoms with Gasteiger partial charge in [-0.25, -0.2) is 0 Å². The Bertz CT molecular complexity index is 759. The van der Waals surface area contributed by atoms with Crippen LogP contribution in [-0.2, 0) is 0 Å². The molecule has 2 aromatic carbocycles. The van der Waals surface area contributed by atoms with Gasteiger partial charge in [0.2, 0.25) is 0 Å². The lowest BCUT2D eigenvalue weighted by molar-refractivity contribution is 1.13. The second-order valence-corrected chi connectivity index (χ2v) is 5.07. The number of nitrogens with two attached hydrogens (primary N) is 1. The van der Waals surface area contributed by atoms with Gasteiger partial charge in [-0.15, -0.1) is 0 Å². The van der Waals surface area contributed by atoms with Crippen LogP contribution >= 0.6 is 0 Å². The number of hydrogen-bond donors (Lipinski definition) is 1. The number of nitriles is 2. The molecule has 0 fully saturated rings. The maximum atomic E-state index is 9.37. The maximum Gasteiger partial charge on any atom is 0.102 e. The zero-order valence-corrected chi connectivity index (χ0v) is 12.3. The molecule has 21 heavy (non-hydrogen) atoms. The lowest BCUT2D eigenvalue weighted by Gasteiger charge is -2.14. The first-order chi connectivity index (χ1) is 9.99. The van der Waals surface area contributed by atoms with Gasteiger partial charge in [-0.3, -0.25) is 0 Å². The molecule has 0 unspecified atom stereocenters. The summed E-state index contributed by atoms with van der Waals surface area (Å²) in [6, 6.07) is 13.9. The standard InChI is InChI=1S/C17H16N4/c1-11-8-14(16(10-19)17(20)15(11)9-18)12-4-6-13(7-5-12)21(2)3/h4-8H,20H2,1-3H3. The van der Waals surface area contributed by atoms with Gasteiger partial charge < -0.3 is 10.6 Å². The molecule has 2 rings (SSSR count). The highest BCUT2D eigenvalue weighted by molar-refractivity contribution is 5.82. The second-order valence-electron chi connectivity index (χ2n) is 5.07. The Morgan fingerprint density at radius 2 is 1.57 bits per heavy atom. The highest BCUT2D eigenvalue weighted by Crippen LogP contribution is 2.32. The molecule has 104 valence electrons. The van der Waals surface area contributed by atoms with E-state index in [1.165, 1.54) is 0 Å². The molecule has 4 heteroatoms. The van der Waals surface area contributed by atoms with Crippen molar-refractivity contribution >= 4 is 11.4 Å². The first-order valence-electron chi connectivity index (χ1n) is 6.50. The number of aryl methyl sites for hydroxylation is 1. The summed E-state index contributed by atoms with van der Waals surface area (Å²) >= 11 is 0. The molecule has 0 saturated heterocycles. The third kappa shape index (κ3) is 2.52. The summed E-state index contributed by atoms with van der Waals surface area (Å²) in [6.07, 6.45) is 0. The summed E-state index contributed by atoms with van der Waals surface area (Å²) in [5, 5.41) is 18.5. The largest absolute Gasteiger partial charge is 0.397 e. The molecule has 0 radical (unpaired) electrons. The molecule has 0 bridgehead atoms. The van der Waals surface area contributed by atoms with Crippen molar-refractivity contribution in [2.75, 3.05) is 24.7 Å². The Morgan fingerprint density at radius 3 is 2.05 bits per heavy atom. The summed E-state index contributed by atoms with van der Waals surface area (Å²) in [4.78, 5) is 2.01. The van der Waals surface area contributed by atoms with Crippen LogP contribution in [0.15, 0.2) is 30.3 Å². The van der Waals surface area contributed by atoms with Gasteiger partial charge in [0.05, 0.1) is 16.8 Å². The highest BCUT2D eigenvalue weighted by atomic mass is 15.1. The Kier molecular flexibility index (Phi) is 3.82. The van der Waals surface area contributed by atoms with Crippen LogP contribution in [0.1, 0.15) is 16.7 Å². The van der Waals surface area contributed by atoms with Crippen LogP contribution in [0.4, 0.5) is 11.4 Å². The van der Waals surface area contributed by atoms with Crippen LogP contribution in [0.5, 0.6) is 0 Å². The van der Waals surface area contributed by atoms with Crippen LogP contribution in [-0.4, -0.2) is 14.1 Å². The van der Waals surface area contributed by atoms with Crippen molar-refractivity contribution in [3.8, 4) is 23.3 Å². The van der Waals surface area contributed by atoms with Crippen LogP contribution in [0.3, 0.4) is 0 Å². The molecule has 2 aromatic rings. The predicted octanol–water partition coefficient (Wildman–Crippen LogP) is 3.05. The molecule has 0 amide bonds. The van der Waals surface area contributed by atoms with Crippen LogP contribution in [0.25, 0.3) is 11.1 Å². The van der Waals surface area contributed by atoms with Crippen molar-refractivity contribution in [1.82, 2.24) is 0 Å². The Labute approximate surface area is 124 Å². The van der Waals surface area contributed by atoms with E-state index in [4.69, 9.17) is 11.0 Å². The molecular weight excluding hydrogens is 260 g/mol. The minimum atomic E-state index is 0.256. The zero-order chi connectivity index (χ0) is 15.6. The fraction of sp³-hybridized carbons (Fsp3) is 0.176. The van der Waals surface area contributed by atoms with Crippen molar-refractivity contribution in [2.45, 2.75) is 6.92 Å². The van der Waals surface area contributed by atoms with Crippen molar-refractivity contribution in [3.63, 3.8) is 0 Å². The van der Waals surface area contributed by atoms with Crippen molar-refractivity contribution in [3.05, 3.63) is 47.0 Å². The molecule has 0 saturated carbocycles. The smallest absolute Gasteiger partial charge is 0.102 e. The molecule has 0 aliphatic carbocycles. The van der Waals surface area contributed by atoms with Crippen LogP contribution in [0.2, 0.25) is 0 Å². The van der Waals surface area contributed by atoms with Crippen molar-refractivity contribution in [1.29, 1.82) is 10.5 Å². The number of hydrogen-bond acceptors (Lipinski definition) is 4. The molecular formula is C17H16N4. The van der Waals surface area contributed by atoms with E-state index < -0.39 is 0 Å². The van der Waals surface area contributed by atoms with Crippen molar-refractivity contribution < 1.29 is 0 Å². The van der Waals surface area contributed by atoms with E-state index in [-0.39, 0.29) is 5.69 Å². The van der Waals surface area contributed by atoms with Crippen molar-refractivity contribution in [2.24, 2.45) is 0 Å². The predicted molar refractivity (Wildman–Crippen MR) is 84.8 cm³/mol. The lowest BCUT2D eigenvalue weighted by atomic mass is 9.93. The van der Waals surface area contributed by atoms with Gasteiger partial charge in [0.25, 0.3) is 0 Å². The Morgan fingerprint density at radius 1 is 1.00 bits per heavy atom. The van der Waals surface area contributed by atoms with Gasteiger partial charge in [0, 0.05) is 25.3 Å². The van der Waals surface area contributed by atoms with Gasteiger partial charge in [-0.05, 0) is 36.2 Å². The monoisotopic (exact) mass is 276 g/mol. The van der Waals surface area contributed by atoms with Crippen LogP contribution < -0.4 is 10.6 Å². The highest BCUT2D eigenvalue weighted by Gasteiger charge is 2.15. The normalized spacial score (nSPS) is 9.76. The van der Waals surface area contributed by atoms with Gasteiger partial charge in [-0.2, -0.15) is 10.5 Å². The second kappa shape index (κ2) is 5.56. The number of benzene rings is 2. The minimum Gasteiger partial charge on any atom is -0.397 e. The number of nitrogens with zero attached hydrogens (tertiary/aromatic N) is 3. The summed E-state index contributed by atoms with van der Waals surface area (Å²) in [5.74, 6) is 0. The van der Waals surface area contributed by atoms with E-state index in [2.05, 4.69) is 12.1 Å². The first kappa shape index (κ1) is 14.4. The average Bonchev–Trinajstić information content (AvgIpc) is 2.47. The molecule has 4 nitrogen and oxygen atoms in total. The van der Waals surface area contributed by atoms with E-state index in [1.807, 2.05) is 56.3 Å². The summed E-state index contributed by atoms with van der Waals surface area (Å²) in [5.41, 5.74) is 10.5. The Balaban J connectivity index is 2.65. The van der Waals surface area contributed by atoms with Crippen LogP contribution in [0, 0.1) is 29.6 Å². The van der Waals surface area contributed by atoms with Gasteiger partial charge >= 0.3 is 0 Å². The SMILES string of the molecule is Cc1cc(-c2ccc(N(C)C)cc2)c(C#N)c(N)c1C#N. The van der Waals surface area contributed by atoms with Gasteiger partial charge in [0.1, 0.15) is 12.1 Å². The fourth-order valence-electron chi connectivity index (χ4n) is 2.28. The van der Waals surface area contributed by atoms with E-state index in [1.54, 1.807) is 0 Å². The average molecular weight is 276 g/mol. The van der Waals surface area contributed by atoms with Gasteiger partial charge in [0.15, 0.2) is 0 Å². The molecule has 0 aromatic heterocycles. The summed E-state index contributed by atoms with van der Waals surface area (Å²) in [6.45, 7) is 1.83. The molecule has 0 spiro atoms. The zero-order valence-electron chi connectivity index (χ0n) is 12.3. The van der Waals surface area contributed by atoms with E-state index in [0.29, 0.717) is 11.1 Å². The Hall–Kier alpha value is -2.98. The lowest BCUT2D eigenvalue weighted by Crippen LogP contribution is -2.08. The molecule has 0 aliphatic rings.